The minimum Gasteiger partial charge on any atom is -0.496 e. The molecule has 0 saturated carbocycles. The average Bonchev–Trinajstić information content (AvgIpc) is 2.42. The van der Waals surface area contributed by atoms with Crippen molar-refractivity contribution in [2.24, 2.45) is 0 Å². The van der Waals surface area contributed by atoms with Crippen molar-refractivity contribution in [3.63, 3.8) is 0 Å². The van der Waals surface area contributed by atoms with Gasteiger partial charge in [0.2, 0.25) is 0 Å². The van der Waals surface area contributed by atoms with Crippen LogP contribution in [0.4, 0.5) is 0 Å². The van der Waals surface area contributed by atoms with Gasteiger partial charge in [-0.25, -0.2) is 0 Å². The molecule has 0 aromatic heterocycles. The first-order valence-corrected chi connectivity index (χ1v) is 7.21. The van der Waals surface area contributed by atoms with Gasteiger partial charge in [0.05, 0.1) is 12.7 Å². The summed E-state index contributed by atoms with van der Waals surface area (Å²) >= 11 is 3.34. The van der Waals surface area contributed by atoms with Gasteiger partial charge in [-0.3, -0.25) is 4.79 Å². The van der Waals surface area contributed by atoms with Gasteiger partial charge in [0.15, 0.2) is 0 Å². The number of nitrogens with one attached hydrogen (secondary N) is 1. The van der Waals surface area contributed by atoms with Crippen molar-refractivity contribution < 1.29 is 14.6 Å². The molecule has 0 spiro atoms. The number of rotatable bonds is 8. The van der Waals surface area contributed by atoms with Crippen LogP contribution in [-0.2, 0) is 0 Å². The van der Waals surface area contributed by atoms with Gasteiger partial charge in [-0.15, -0.1) is 0 Å². The molecule has 0 heterocycles. The van der Waals surface area contributed by atoms with E-state index in [1.165, 1.54) is 0 Å². The van der Waals surface area contributed by atoms with Crippen molar-refractivity contribution in [1.82, 2.24) is 5.32 Å². The fraction of sp³-hybridized carbons (Fsp3) is 0.500. The van der Waals surface area contributed by atoms with Crippen molar-refractivity contribution in [3.05, 3.63) is 28.2 Å². The van der Waals surface area contributed by atoms with Crippen LogP contribution < -0.4 is 10.1 Å². The normalized spacial score (nSPS) is 10.3. The van der Waals surface area contributed by atoms with E-state index in [-0.39, 0.29) is 12.5 Å². The highest BCUT2D eigenvalue weighted by molar-refractivity contribution is 9.10. The van der Waals surface area contributed by atoms with Gasteiger partial charge in [-0.1, -0.05) is 28.8 Å². The van der Waals surface area contributed by atoms with Crippen molar-refractivity contribution in [2.45, 2.75) is 25.7 Å². The maximum absolute atomic E-state index is 12.0. The molecule has 4 nitrogen and oxygen atoms in total. The first-order valence-electron chi connectivity index (χ1n) is 6.41. The second kappa shape index (κ2) is 8.93. The number of aliphatic hydroxyl groups is 1. The number of unbranched alkanes of at least 4 members (excludes halogenated alkanes) is 3. The molecular weight excluding hydrogens is 310 g/mol. The van der Waals surface area contributed by atoms with Gasteiger partial charge < -0.3 is 15.2 Å². The maximum atomic E-state index is 12.0. The lowest BCUT2D eigenvalue weighted by molar-refractivity contribution is 0.0949. The molecule has 0 atom stereocenters. The summed E-state index contributed by atoms with van der Waals surface area (Å²) in [5, 5.41) is 11.5. The Kier molecular flexibility index (Phi) is 7.52. The number of carbonyl (C=O) groups is 1. The number of hydrogen-bond acceptors (Lipinski definition) is 3. The molecule has 0 unspecified atom stereocenters. The smallest absolute Gasteiger partial charge is 0.255 e. The first kappa shape index (κ1) is 16.0. The third-order valence-corrected chi connectivity index (χ3v) is 3.27. The Labute approximate surface area is 122 Å². The lowest BCUT2D eigenvalue weighted by Gasteiger charge is -2.09. The summed E-state index contributed by atoms with van der Waals surface area (Å²) in [6.07, 6.45) is 3.76. The lowest BCUT2D eigenvalue weighted by Crippen LogP contribution is -2.24. The highest BCUT2D eigenvalue weighted by Gasteiger charge is 2.11. The van der Waals surface area contributed by atoms with Crippen molar-refractivity contribution >= 4 is 21.8 Å². The van der Waals surface area contributed by atoms with Gasteiger partial charge in [0.25, 0.3) is 5.91 Å². The second-order valence-corrected chi connectivity index (χ2v) is 5.15. The number of aliphatic hydroxyl groups excluding tert-OH is 1. The van der Waals surface area contributed by atoms with E-state index in [1.54, 1.807) is 19.2 Å². The highest BCUT2D eigenvalue weighted by Crippen LogP contribution is 2.23. The maximum Gasteiger partial charge on any atom is 0.255 e. The molecule has 2 N–H and O–H groups in total. The van der Waals surface area contributed by atoms with Crippen LogP contribution in [0.3, 0.4) is 0 Å². The molecule has 1 aromatic carbocycles. The minimum absolute atomic E-state index is 0.119. The predicted molar refractivity (Wildman–Crippen MR) is 78.6 cm³/mol. The van der Waals surface area contributed by atoms with E-state index in [2.05, 4.69) is 21.2 Å². The summed E-state index contributed by atoms with van der Waals surface area (Å²) in [6, 6.07) is 5.33. The molecule has 0 fully saturated rings. The van der Waals surface area contributed by atoms with E-state index in [1.807, 2.05) is 6.07 Å². The minimum atomic E-state index is -0.119. The average molecular weight is 330 g/mol. The Morgan fingerprint density at radius 2 is 2.05 bits per heavy atom. The number of benzene rings is 1. The van der Waals surface area contributed by atoms with Gasteiger partial charge in [0, 0.05) is 17.6 Å². The Morgan fingerprint density at radius 3 is 2.74 bits per heavy atom. The predicted octanol–water partition coefficient (Wildman–Crippen LogP) is 2.74. The fourth-order valence-corrected chi connectivity index (χ4v) is 2.08. The Bertz CT molecular complexity index is 410. The van der Waals surface area contributed by atoms with Crippen LogP contribution in [0, 0.1) is 0 Å². The molecule has 0 aliphatic carbocycles. The molecular formula is C14H20BrNO3. The lowest BCUT2D eigenvalue weighted by atomic mass is 10.1. The number of hydrogen-bond donors (Lipinski definition) is 2. The van der Waals surface area contributed by atoms with Gasteiger partial charge in [-0.05, 0) is 31.0 Å². The second-order valence-electron chi connectivity index (χ2n) is 4.24. The summed E-state index contributed by atoms with van der Waals surface area (Å²) in [7, 11) is 1.55. The van der Waals surface area contributed by atoms with E-state index in [9.17, 15) is 4.79 Å². The van der Waals surface area contributed by atoms with Gasteiger partial charge in [-0.2, -0.15) is 0 Å². The molecule has 1 amide bonds. The number of ether oxygens (including phenoxy) is 1. The van der Waals surface area contributed by atoms with E-state index in [0.717, 1.165) is 30.2 Å². The Hall–Kier alpha value is -1.07. The molecule has 1 rings (SSSR count). The summed E-state index contributed by atoms with van der Waals surface area (Å²) in [4.78, 5) is 12.0. The molecule has 19 heavy (non-hydrogen) atoms. The zero-order valence-electron chi connectivity index (χ0n) is 11.1. The Morgan fingerprint density at radius 1 is 1.32 bits per heavy atom. The van der Waals surface area contributed by atoms with E-state index < -0.39 is 0 Å². The van der Waals surface area contributed by atoms with Crippen LogP contribution in [0.15, 0.2) is 22.7 Å². The monoisotopic (exact) mass is 329 g/mol. The van der Waals surface area contributed by atoms with Crippen LogP contribution >= 0.6 is 15.9 Å². The number of methoxy groups -OCH3 is 1. The molecule has 106 valence electrons. The van der Waals surface area contributed by atoms with Gasteiger partial charge in [0.1, 0.15) is 5.75 Å². The molecule has 0 aliphatic rings. The quantitative estimate of drug-likeness (QED) is 0.721. The van der Waals surface area contributed by atoms with Crippen LogP contribution in [-0.4, -0.2) is 31.3 Å². The Balaban J connectivity index is 2.41. The van der Waals surface area contributed by atoms with E-state index in [4.69, 9.17) is 9.84 Å². The third kappa shape index (κ3) is 5.61. The highest BCUT2D eigenvalue weighted by atomic mass is 79.9. The largest absolute Gasteiger partial charge is 0.496 e. The molecule has 5 heteroatoms. The fourth-order valence-electron chi connectivity index (χ4n) is 1.74. The SMILES string of the molecule is COc1cc(Br)ccc1C(=O)NCCCCCCO. The van der Waals surface area contributed by atoms with Gasteiger partial charge >= 0.3 is 0 Å². The van der Waals surface area contributed by atoms with Crippen molar-refractivity contribution in [1.29, 1.82) is 0 Å². The number of halogens is 1. The molecule has 0 radical (unpaired) electrons. The zero-order valence-corrected chi connectivity index (χ0v) is 12.7. The first-order chi connectivity index (χ1) is 9.19. The van der Waals surface area contributed by atoms with Crippen LogP contribution in [0.25, 0.3) is 0 Å². The van der Waals surface area contributed by atoms with Crippen LogP contribution in [0.1, 0.15) is 36.0 Å². The number of carbonyl (C=O) groups excluding carboxylic acids is 1. The summed E-state index contributed by atoms with van der Waals surface area (Å²) in [6.45, 7) is 0.881. The van der Waals surface area contributed by atoms with Crippen molar-refractivity contribution in [2.75, 3.05) is 20.3 Å². The molecule has 1 aromatic rings. The van der Waals surface area contributed by atoms with Crippen LogP contribution in [0.5, 0.6) is 5.75 Å². The number of amides is 1. The summed E-state index contributed by atoms with van der Waals surface area (Å²) in [5.74, 6) is 0.443. The van der Waals surface area contributed by atoms with Crippen molar-refractivity contribution in [3.8, 4) is 5.75 Å². The van der Waals surface area contributed by atoms with E-state index >= 15 is 0 Å². The molecule has 0 bridgehead atoms. The van der Waals surface area contributed by atoms with Crippen LogP contribution in [0.2, 0.25) is 0 Å². The third-order valence-electron chi connectivity index (χ3n) is 2.78. The topological polar surface area (TPSA) is 58.6 Å². The summed E-state index contributed by atoms with van der Waals surface area (Å²) in [5.41, 5.74) is 0.543. The molecule has 0 saturated heterocycles. The summed E-state index contributed by atoms with van der Waals surface area (Å²) < 4.78 is 6.07. The van der Waals surface area contributed by atoms with E-state index in [0.29, 0.717) is 17.9 Å². The molecule has 0 aliphatic heterocycles. The standard InChI is InChI=1S/C14H20BrNO3/c1-19-13-10-11(15)6-7-12(13)14(18)16-8-4-2-3-5-9-17/h6-7,10,17H,2-5,8-9H2,1H3,(H,16,18). The zero-order chi connectivity index (χ0) is 14.1.